The van der Waals surface area contributed by atoms with Crippen molar-refractivity contribution in [3.8, 4) is 0 Å². The van der Waals surface area contributed by atoms with Crippen LogP contribution in [0.15, 0.2) is 18.2 Å². The molecule has 19 heavy (non-hydrogen) atoms. The Morgan fingerprint density at radius 3 is 2.58 bits per heavy atom. The maximum atomic E-state index is 12.9. The summed E-state index contributed by atoms with van der Waals surface area (Å²) in [6, 6.07) is 4.00. The maximum Gasteiger partial charge on any atom is 0.416 e. The van der Waals surface area contributed by atoms with Crippen LogP contribution < -0.4 is 5.32 Å². The van der Waals surface area contributed by atoms with E-state index in [-0.39, 0.29) is 6.10 Å². The summed E-state index contributed by atoms with van der Waals surface area (Å²) in [6.07, 6.45) is -2.97. The molecule has 1 unspecified atom stereocenters. The minimum atomic E-state index is -4.30. The molecule has 0 amide bonds. The van der Waals surface area contributed by atoms with Crippen LogP contribution in [0.3, 0.4) is 0 Å². The minimum absolute atomic E-state index is 0.129. The zero-order chi connectivity index (χ0) is 13.7. The number of piperidine rings is 1. The van der Waals surface area contributed by atoms with Gasteiger partial charge in [-0.05, 0) is 56.1 Å². The van der Waals surface area contributed by atoms with E-state index in [9.17, 15) is 13.2 Å². The molecule has 104 valence electrons. The molecule has 1 N–H and O–H groups in total. The lowest BCUT2D eigenvalue weighted by molar-refractivity contribution is -0.137. The van der Waals surface area contributed by atoms with E-state index in [2.05, 4.69) is 5.32 Å². The van der Waals surface area contributed by atoms with Gasteiger partial charge in [0, 0.05) is 0 Å². The predicted octanol–water partition coefficient (Wildman–Crippen LogP) is 3.38. The lowest BCUT2D eigenvalue weighted by Crippen LogP contribution is -2.39. The monoisotopic (exact) mass is 271 g/mol. The fourth-order valence-electron chi connectivity index (χ4n) is 3.16. The molecular formula is C14H16F3NO. The van der Waals surface area contributed by atoms with E-state index < -0.39 is 17.3 Å². The summed E-state index contributed by atoms with van der Waals surface area (Å²) in [5.74, 6) is 0. The fourth-order valence-corrected chi connectivity index (χ4v) is 3.16. The Bertz CT molecular complexity index is 492. The van der Waals surface area contributed by atoms with Gasteiger partial charge in [0.2, 0.25) is 0 Å². The van der Waals surface area contributed by atoms with Crippen LogP contribution in [-0.4, -0.2) is 13.1 Å². The van der Waals surface area contributed by atoms with Crippen molar-refractivity contribution in [3.05, 3.63) is 34.9 Å². The third kappa shape index (κ3) is 2.05. The Morgan fingerprint density at radius 1 is 1.26 bits per heavy atom. The molecule has 0 aromatic heterocycles. The van der Waals surface area contributed by atoms with Gasteiger partial charge in [0.05, 0.1) is 17.3 Å². The minimum Gasteiger partial charge on any atom is -0.363 e. The third-order valence-electron chi connectivity index (χ3n) is 4.12. The molecule has 2 aliphatic rings. The Morgan fingerprint density at radius 2 is 1.95 bits per heavy atom. The number of ether oxygens (including phenoxy) is 1. The molecular weight excluding hydrogens is 255 g/mol. The molecule has 0 aliphatic carbocycles. The van der Waals surface area contributed by atoms with Gasteiger partial charge in [0.25, 0.3) is 0 Å². The van der Waals surface area contributed by atoms with Crippen molar-refractivity contribution >= 4 is 0 Å². The Labute approximate surface area is 109 Å². The lowest BCUT2D eigenvalue weighted by atomic mass is 9.83. The van der Waals surface area contributed by atoms with Crippen molar-refractivity contribution in [2.24, 2.45) is 0 Å². The predicted molar refractivity (Wildman–Crippen MR) is 64.7 cm³/mol. The number of alkyl halides is 3. The first-order valence-corrected chi connectivity index (χ1v) is 6.53. The number of nitrogens with one attached hydrogen (secondary N) is 1. The van der Waals surface area contributed by atoms with E-state index in [0.29, 0.717) is 0 Å². The maximum absolute atomic E-state index is 12.9. The van der Waals surface area contributed by atoms with Crippen LogP contribution in [0.2, 0.25) is 0 Å². The number of fused-ring (bicyclic) bond motifs is 2. The van der Waals surface area contributed by atoms with E-state index in [4.69, 9.17) is 4.74 Å². The second kappa shape index (κ2) is 4.21. The van der Waals surface area contributed by atoms with E-state index >= 15 is 0 Å². The molecule has 1 saturated heterocycles. The lowest BCUT2D eigenvalue weighted by Gasteiger charge is -2.34. The van der Waals surface area contributed by atoms with Crippen molar-refractivity contribution in [1.82, 2.24) is 5.32 Å². The van der Waals surface area contributed by atoms with E-state index in [1.165, 1.54) is 6.07 Å². The number of rotatable bonds is 0. The van der Waals surface area contributed by atoms with E-state index in [0.717, 1.165) is 43.1 Å². The van der Waals surface area contributed by atoms with Gasteiger partial charge < -0.3 is 10.1 Å². The molecule has 1 fully saturated rings. The van der Waals surface area contributed by atoms with Crippen molar-refractivity contribution in [2.75, 3.05) is 13.1 Å². The largest absolute Gasteiger partial charge is 0.416 e. The first kappa shape index (κ1) is 12.9. The summed E-state index contributed by atoms with van der Waals surface area (Å²) in [5.41, 5.74) is 0.523. The van der Waals surface area contributed by atoms with E-state index in [1.807, 2.05) is 6.92 Å². The summed E-state index contributed by atoms with van der Waals surface area (Å²) < 4.78 is 44.6. The van der Waals surface area contributed by atoms with Crippen LogP contribution in [0.4, 0.5) is 13.2 Å². The zero-order valence-corrected chi connectivity index (χ0v) is 10.7. The highest BCUT2D eigenvalue weighted by molar-refractivity contribution is 5.42. The fraction of sp³-hybridized carbons (Fsp3) is 0.571. The highest BCUT2D eigenvalue weighted by Crippen LogP contribution is 2.49. The topological polar surface area (TPSA) is 21.3 Å². The SMILES string of the molecule is CC1OC2(CCNCC2)c2cc(C(F)(F)F)ccc21. The van der Waals surface area contributed by atoms with Gasteiger partial charge in [-0.1, -0.05) is 6.07 Å². The van der Waals surface area contributed by atoms with Crippen LogP contribution >= 0.6 is 0 Å². The van der Waals surface area contributed by atoms with Crippen LogP contribution in [-0.2, 0) is 16.5 Å². The molecule has 2 aliphatic heterocycles. The smallest absolute Gasteiger partial charge is 0.363 e. The van der Waals surface area contributed by atoms with Crippen LogP contribution in [0.1, 0.15) is 42.6 Å². The van der Waals surface area contributed by atoms with Crippen LogP contribution in [0, 0.1) is 0 Å². The first-order valence-electron chi connectivity index (χ1n) is 6.53. The number of hydrogen-bond acceptors (Lipinski definition) is 2. The molecule has 3 rings (SSSR count). The first-order chi connectivity index (χ1) is 8.92. The Balaban J connectivity index is 2.08. The zero-order valence-electron chi connectivity index (χ0n) is 10.7. The summed E-state index contributed by atoms with van der Waals surface area (Å²) >= 11 is 0. The number of hydrogen-bond donors (Lipinski definition) is 1. The second-order valence-electron chi connectivity index (χ2n) is 5.30. The normalized spacial score (nSPS) is 25.6. The second-order valence-corrected chi connectivity index (χ2v) is 5.30. The average Bonchev–Trinajstić information content (AvgIpc) is 2.62. The Kier molecular flexibility index (Phi) is 2.87. The van der Waals surface area contributed by atoms with Gasteiger partial charge in [-0.15, -0.1) is 0 Å². The van der Waals surface area contributed by atoms with Gasteiger partial charge in [-0.2, -0.15) is 13.2 Å². The molecule has 5 heteroatoms. The van der Waals surface area contributed by atoms with Crippen molar-refractivity contribution < 1.29 is 17.9 Å². The molecule has 2 heterocycles. The molecule has 0 saturated carbocycles. The highest BCUT2D eigenvalue weighted by atomic mass is 19.4. The number of benzene rings is 1. The molecule has 2 nitrogen and oxygen atoms in total. The molecule has 1 spiro atoms. The van der Waals surface area contributed by atoms with Gasteiger partial charge in [-0.25, -0.2) is 0 Å². The third-order valence-corrected chi connectivity index (χ3v) is 4.12. The molecule has 1 atom stereocenters. The van der Waals surface area contributed by atoms with Crippen molar-refractivity contribution in [3.63, 3.8) is 0 Å². The van der Waals surface area contributed by atoms with Gasteiger partial charge >= 0.3 is 6.18 Å². The molecule has 1 aromatic carbocycles. The van der Waals surface area contributed by atoms with Gasteiger partial charge in [-0.3, -0.25) is 0 Å². The van der Waals surface area contributed by atoms with Crippen LogP contribution in [0.5, 0.6) is 0 Å². The average molecular weight is 271 g/mol. The van der Waals surface area contributed by atoms with Crippen molar-refractivity contribution in [2.45, 2.75) is 37.6 Å². The van der Waals surface area contributed by atoms with Crippen molar-refractivity contribution in [1.29, 1.82) is 0 Å². The van der Waals surface area contributed by atoms with E-state index in [1.54, 1.807) is 6.07 Å². The molecule has 0 bridgehead atoms. The Hall–Kier alpha value is -1.07. The molecule has 0 radical (unpaired) electrons. The summed E-state index contributed by atoms with van der Waals surface area (Å²) in [7, 11) is 0. The standard InChI is InChI=1S/C14H16F3NO/c1-9-11-3-2-10(14(15,16)17)8-12(11)13(19-9)4-6-18-7-5-13/h2-3,8-9,18H,4-7H2,1H3. The highest BCUT2D eigenvalue weighted by Gasteiger charge is 2.45. The summed E-state index contributed by atoms with van der Waals surface area (Å²) in [5, 5.41) is 3.22. The summed E-state index contributed by atoms with van der Waals surface area (Å²) in [6.45, 7) is 3.47. The van der Waals surface area contributed by atoms with Crippen LogP contribution in [0.25, 0.3) is 0 Å². The molecule has 1 aromatic rings. The quantitative estimate of drug-likeness (QED) is 0.781. The number of halogens is 3. The van der Waals surface area contributed by atoms with Gasteiger partial charge in [0.1, 0.15) is 0 Å². The summed E-state index contributed by atoms with van der Waals surface area (Å²) in [4.78, 5) is 0. The van der Waals surface area contributed by atoms with Gasteiger partial charge in [0.15, 0.2) is 0 Å².